The van der Waals surface area contributed by atoms with Crippen molar-refractivity contribution in [2.45, 2.75) is 20.8 Å². The van der Waals surface area contributed by atoms with Crippen LogP contribution in [0.3, 0.4) is 0 Å². The standard InChI is InChI=1S/C24H25NO3/c1-17-15-18(2)23(19(3)16-17)25-24(26)20-9-11-22(12-10-20)28-14-13-27-21-7-5-4-6-8-21/h4-12,15-16H,13-14H2,1-3H3,(H,25,26). The van der Waals surface area contributed by atoms with Gasteiger partial charge in [0.2, 0.25) is 0 Å². The lowest BCUT2D eigenvalue weighted by Gasteiger charge is -2.13. The molecule has 3 aromatic carbocycles. The average Bonchev–Trinajstić information content (AvgIpc) is 2.69. The van der Waals surface area contributed by atoms with Crippen LogP contribution < -0.4 is 14.8 Å². The number of carbonyl (C=O) groups is 1. The van der Waals surface area contributed by atoms with Crippen LogP contribution in [0.1, 0.15) is 27.0 Å². The predicted molar refractivity (Wildman–Crippen MR) is 112 cm³/mol. The van der Waals surface area contributed by atoms with E-state index < -0.39 is 0 Å². The molecule has 0 unspecified atom stereocenters. The third kappa shape index (κ3) is 5.13. The number of para-hydroxylation sites is 1. The Balaban J connectivity index is 1.53. The molecule has 0 heterocycles. The Morgan fingerprint density at radius 1 is 0.786 bits per heavy atom. The van der Waals surface area contributed by atoms with E-state index in [4.69, 9.17) is 9.47 Å². The largest absolute Gasteiger partial charge is 0.490 e. The van der Waals surface area contributed by atoms with Crippen molar-refractivity contribution in [1.29, 1.82) is 0 Å². The summed E-state index contributed by atoms with van der Waals surface area (Å²) in [5, 5.41) is 3.01. The van der Waals surface area contributed by atoms with Crippen molar-refractivity contribution in [2.24, 2.45) is 0 Å². The van der Waals surface area contributed by atoms with Gasteiger partial charge in [-0.1, -0.05) is 35.9 Å². The minimum Gasteiger partial charge on any atom is -0.490 e. The Bertz CT molecular complexity index is 911. The molecule has 28 heavy (non-hydrogen) atoms. The molecule has 3 aromatic rings. The van der Waals surface area contributed by atoms with Gasteiger partial charge in [-0.15, -0.1) is 0 Å². The fourth-order valence-electron chi connectivity index (χ4n) is 3.10. The lowest BCUT2D eigenvalue weighted by molar-refractivity contribution is 0.102. The summed E-state index contributed by atoms with van der Waals surface area (Å²) in [5.74, 6) is 1.39. The summed E-state index contributed by atoms with van der Waals surface area (Å²) in [6, 6.07) is 20.9. The first-order valence-corrected chi connectivity index (χ1v) is 9.33. The third-order valence-corrected chi connectivity index (χ3v) is 4.40. The van der Waals surface area contributed by atoms with Crippen molar-refractivity contribution in [2.75, 3.05) is 18.5 Å². The zero-order valence-corrected chi connectivity index (χ0v) is 16.5. The van der Waals surface area contributed by atoms with Crippen molar-refractivity contribution < 1.29 is 14.3 Å². The number of aryl methyl sites for hydroxylation is 3. The molecule has 4 heteroatoms. The van der Waals surface area contributed by atoms with Crippen LogP contribution in [0.25, 0.3) is 0 Å². The van der Waals surface area contributed by atoms with E-state index in [1.54, 1.807) is 24.3 Å². The summed E-state index contributed by atoms with van der Waals surface area (Å²) in [6.07, 6.45) is 0. The van der Waals surface area contributed by atoms with E-state index in [1.165, 1.54) is 5.56 Å². The number of benzene rings is 3. The quantitative estimate of drug-likeness (QED) is 0.568. The van der Waals surface area contributed by atoms with E-state index in [2.05, 4.69) is 24.4 Å². The lowest BCUT2D eigenvalue weighted by Crippen LogP contribution is -2.14. The summed E-state index contributed by atoms with van der Waals surface area (Å²) in [4.78, 5) is 12.6. The summed E-state index contributed by atoms with van der Waals surface area (Å²) in [7, 11) is 0. The van der Waals surface area contributed by atoms with Crippen LogP contribution in [-0.4, -0.2) is 19.1 Å². The number of ether oxygens (including phenoxy) is 2. The average molecular weight is 375 g/mol. The predicted octanol–water partition coefficient (Wildman–Crippen LogP) is 5.32. The Labute approximate surface area is 166 Å². The molecular weight excluding hydrogens is 350 g/mol. The molecule has 0 bridgehead atoms. The van der Waals surface area contributed by atoms with Crippen molar-refractivity contribution >= 4 is 11.6 Å². The first-order chi connectivity index (χ1) is 13.5. The highest BCUT2D eigenvalue weighted by atomic mass is 16.5. The molecule has 0 aliphatic rings. The minimum atomic E-state index is -0.131. The number of anilines is 1. The van der Waals surface area contributed by atoms with Gasteiger partial charge in [-0.25, -0.2) is 0 Å². The molecule has 144 valence electrons. The Hall–Kier alpha value is -3.27. The summed E-state index contributed by atoms with van der Waals surface area (Å²) < 4.78 is 11.3. The van der Waals surface area contributed by atoms with Crippen molar-refractivity contribution in [1.82, 2.24) is 0 Å². The van der Waals surface area contributed by atoms with Crippen molar-refractivity contribution in [3.05, 3.63) is 89.0 Å². The normalized spacial score (nSPS) is 10.4. The maximum atomic E-state index is 12.6. The van der Waals surface area contributed by atoms with Crippen LogP contribution in [0.15, 0.2) is 66.7 Å². The topological polar surface area (TPSA) is 47.6 Å². The van der Waals surface area contributed by atoms with E-state index in [0.29, 0.717) is 24.5 Å². The summed E-state index contributed by atoms with van der Waals surface area (Å²) >= 11 is 0. The molecule has 0 aromatic heterocycles. The van der Waals surface area contributed by atoms with Gasteiger partial charge in [0.25, 0.3) is 5.91 Å². The zero-order valence-electron chi connectivity index (χ0n) is 16.5. The van der Waals surface area contributed by atoms with Crippen LogP contribution in [0.4, 0.5) is 5.69 Å². The highest BCUT2D eigenvalue weighted by Crippen LogP contribution is 2.23. The van der Waals surface area contributed by atoms with E-state index in [1.807, 2.05) is 44.2 Å². The second-order valence-electron chi connectivity index (χ2n) is 6.76. The van der Waals surface area contributed by atoms with Crippen LogP contribution in [0.2, 0.25) is 0 Å². The summed E-state index contributed by atoms with van der Waals surface area (Å²) in [6.45, 7) is 6.95. The van der Waals surface area contributed by atoms with Gasteiger partial charge in [-0.2, -0.15) is 0 Å². The molecule has 3 rings (SSSR count). The molecule has 0 atom stereocenters. The molecule has 0 aliphatic heterocycles. The molecular formula is C24H25NO3. The highest BCUT2D eigenvalue weighted by molar-refractivity contribution is 6.05. The maximum absolute atomic E-state index is 12.6. The van der Waals surface area contributed by atoms with E-state index in [-0.39, 0.29) is 5.91 Å². The number of carbonyl (C=O) groups excluding carboxylic acids is 1. The first kappa shape index (κ1) is 19.5. The first-order valence-electron chi connectivity index (χ1n) is 9.33. The molecule has 0 aliphatic carbocycles. The van der Waals surface area contributed by atoms with E-state index >= 15 is 0 Å². The maximum Gasteiger partial charge on any atom is 0.255 e. The fourth-order valence-corrected chi connectivity index (χ4v) is 3.10. The van der Waals surface area contributed by atoms with Gasteiger partial charge < -0.3 is 14.8 Å². The monoisotopic (exact) mass is 375 g/mol. The molecule has 0 fully saturated rings. The number of hydrogen-bond acceptors (Lipinski definition) is 3. The fraction of sp³-hybridized carbons (Fsp3) is 0.208. The molecule has 1 amide bonds. The van der Waals surface area contributed by atoms with Crippen LogP contribution in [-0.2, 0) is 0 Å². The van der Waals surface area contributed by atoms with Crippen molar-refractivity contribution in [3.63, 3.8) is 0 Å². The Kier molecular flexibility index (Phi) is 6.33. The lowest BCUT2D eigenvalue weighted by atomic mass is 10.0. The van der Waals surface area contributed by atoms with Crippen molar-refractivity contribution in [3.8, 4) is 11.5 Å². The van der Waals surface area contributed by atoms with Crippen LogP contribution in [0.5, 0.6) is 11.5 Å². The van der Waals surface area contributed by atoms with Gasteiger partial charge in [0.15, 0.2) is 0 Å². The number of hydrogen-bond donors (Lipinski definition) is 1. The number of nitrogens with one attached hydrogen (secondary N) is 1. The molecule has 4 nitrogen and oxygen atoms in total. The number of amides is 1. The van der Waals surface area contributed by atoms with E-state index in [0.717, 1.165) is 22.6 Å². The van der Waals surface area contributed by atoms with Crippen LogP contribution >= 0.6 is 0 Å². The molecule has 0 saturated carbocycles. The molecule has 0 saturated heterocycles. The second kappa shape index (κ2) is 9.09. The highest BCUT2D eigenvalue weighted by Gasteiger charge is 2.10. The Morgan fingerprint density at radius 3 is 1.89 bits per heavy atom. The number of rotatable bonds is 7. The van der Waals surface area contributed by atoms with Gasteiger partial charge in [-0.05, 0) is 68.3 Å². The Morgan fingerprint density at radius 2 is 1.32 bits per heavy atom. The van der Waals surface area contributed by atoms with Gasteiger partial charge >= 0.3 is 0 Å². The molecule has 1 N–H and O–H groups in total. The zero-order chi connectivity index (χ0) is 19.9. The SMILES string of the molecule is Cc1cc(C)c(NC(=O)c2ccc(OCCOc3ccccc3)cc2)c(C)c1. The van der Waals surface area contributed by atoms with Gasteiger partial charge in [0.1, 0.15) is 24.7 Å². The van der Waals surface area contributed by atoms with Gasteiger partial charge in [-0.3, -0.25) is 4.79 Å². The second-order valence-corrected chi connectivity index (χ2v) is 6.76. The van der Waals surface area contributed by atoms with E-state index in [9.17, 15) is 4.79 Å². The van der Waals surface area contributed by atoms with Crippen LogP contribution in [0, 0.1) is 20.8 Å². The van der Waals surface area contributed by atoms with Gasteiger partial charge in [0, 0.05) is 11.3 Å². The summed E-state index contributed by atoms with van der Waals surface area (Å²) in [5.41, 5.74) is 4.76. The minimum absolute atomic E-state index is 0.131. The molecule has 0 spiro atoms. The van der Waals surface area contributed by atoms with Gasteiger partial charge in [0.05, 0.1) is 0 Å². The smallest absolute Gasteiger partial charge is 0.255 e. The molecule has 0 radical (unpaired) electrons. The third-order valence-electron chi connectivity index (χ3n) is 4.40.